The molecule has 3 heterocycles. The Kier molecular flexibility index (Phi) is 6.30. The van der Waals surface area contributed by atoms with Gasteiger partial charge in [-0.15, -0.1) is 0 Å². The van der Waals surface area contributed by atoms with Crippen LogP contribution in [0.5, 0.6) is 0 Å². The van der Waals surface area contributed by atoms with Crippen LogP contribution in [0.4, 0.5) is 0 Å². The summed E-state index contributed by atoms with van der Waals surface area (Å²) in [5.41, 5.74) is 5.62. The average Bonchev–Trinajstić information content (AvgIpc) is 3.11. The molecule has 3 rings (SSSR count). The molecule has 0 spiro atoms. The first kappa shape index (κ1) is 18.6. The molecule has 0 aromatic heterocycles. The molecule has 0 bridgehead atoms. The van der Waals surface area contributed by atoms with Gasteiger partial charge in [-0.2, -0.15) is 0 Å². The van der Waals surface area contributed by atoms with Crippen molar-refractivity contribution in [2.45, 2.75) is 57.3 Å². The molecule has 142 valence electrons. The average molecular weight is 352 g/mol. The van der Waals surface area contributed by atoms with E-state index in [2.05, 4.69) is 11.8 Å². The molecule has 3 saturated heterocycles. The molecule has 7 heteroatoms. The number of carbonyl (C=O) groups is 2. The van der Waals surface area contributed by atoms with Gasteiger partial charge in [-0.25, -0.2) is 0 Å². The summed E-state index contributed by atoms with van der Waals surface area (Å²) in [4.78, 5) is 31.2. The summed E-state index contributed by atoms with van der Waals surface area (Å²) in [6, 6.07) is 0.360. The van der Waals surface area contributed by atoms with E-state index in [-0.39, 0.29) is 24.0 Å². The summed E-state index contributed by atoms with van der Waals surface area (Å²) in [7, 11) is 0. The van der Waals surface area contributed by atoms with Gasteiger partial charge in [0.25, 0.3) is 5.91 Å². The first-order chi connectivity index (χ1) is 12.1. The highest BCUT2D eigenvalue weighted by Gasteiger charge is 2.34. The van der Waals surface area contributed by atoms with Crippen LogP contribution in [0.25, 0.3) is 0 Å². The first-order valence-electron chi connectivity index (χ1n) is 9.74. The van der Waals surface area contributed by atoms with E-state index in [1.807, 2.05) is 9.80 Å². The van der Waals surface area contributed by atoms with Gasteiger partial charge in [0.05, 0.1) is 12.6 Å². The monoisotopic (exact) mass is 352 g/mol. The maximum absolute atomic E-state index is 12.5. The van der Waals surface area contributed by atoms with Crippen molar-refractivity contribution in [3.63, 3.8) is 0 Å². The summed E-state index contributed by atoms with van der Waals surface area (Å²) in [5.74, 6) is 0.323. The molecule has 0 aliphatic carbocycles. The molecule has 25 heavy (non-hydrogen) atoms. The van der Waals surface area contributed by atoms with Crippen molar-refractivity contribution in [3.8, 4) is 0 Å². The largest absolute Gasteiger partial charge is 0.364 e. The van der Waals surface area contributed by atoms with E-state index in [0.29, 0.717) is 32.2 Å². The quantitative estimate of drug-likeness (QED) is 0.773. The Labute approximate surface area is 150 Å². The second kappa shape index (κ2) is 8.47. The standard InChI is InChI=1S/C18H32N4O3/c1-14-4-2-3-7-22(14)17(23)13-20-8-10-21(11-9-20)18(24)16-6-5-15(12-19)25-16/h14-16H,2-13,19H2,1H3/t14?,15-,16+/m1/s1. The van der Waals surface area contributed by atoms with E-state index in [1.54, 1.807) is 0 Å². The normalized spacial score (nSPS) is 31.4. The summed E-state index contributed by atoms with van der Waals surface area (Å²) in [6.45, 7) is 6.85. The molecular formula is C18H32N4O3. The SMILES string of the molecule is CC1CCCCN1C(=O)CN1CCN(C(=O)[C@@H]2CC[C@H](CN)O2)CC1. The minimum absolute atomic E-state index is 0.0272. The number of rotatable bonds is 4. The summed E-state index contributed by atoms with van der Waals surface area (Å²) >= 11 is 0. The Morgan fingerprint density at radius 3 is 2.44 bits per heavy atom. The van der Waals surface area contributed by atoms with Gasteiger partial charge in [-0.3, -0.25) is 14.5 Å². The molecule has 0 aromatic carbocycles. The number of hydrogen-bond donors (Lipinski definition) is 1. The molecule has 3 fully saturated rings. The number of hydrogen-bond acceptors (Lipinski definition) is 5. The second-order valence-electron chi connectivity index (χ2n) is 7.59. The van der Waals surface area contributed by atoms with Gasteiger partial charge >= 0.3 is 0 Å². The van der Waals surface area contributed by atoms with Crippen molar-refractivity contribution in [2.24, 2.45) is 5.73 Å². The molecule has 7 nitrogen and oxygen atoms in total. The third-order valence-electron chi connectivity index (χ3n) is 5.81. The Hall–Kier alpha value is -1.18. The first-order valence-corrected chi connectivity index (χ1v) is 9.74. The molecule has 1 unspecified atom stereocenters. The van der Waals surface area contributed by atoms with Gasteiger partial charge in [0, 0.05) is 45.3 Å². The molecule has 3 aliphatic heterocycles. The second-order valence-corrected chi connectivity index (χ2v) is 7.59. The number of piperidine rings is 1. The zero-order valence-electron chi connectivity index (χ0n) is 15.4. The van der Waals surface area contributed by atoms with Gasteiger partial charge < -0.3 is 20.3 Å². The van der Waals surface area contributed by atoms with E-state index >= 15 is 0 Å². The van der Waals surface area contributed by atoms with E-state index in [0.717, 1.165) is 45.3 Å². The van der Waals surface area contributed by atoms with Crippen molar-refractivity contribution < 1.29 is 14.3 Å². The van der Waals surface area contributed by atoms with Crippen LogP contribution >= 0.6 is 0 Å². The number of nitrogens with two attached hydrogens (primary N) is 1. The smallest absolute Gasteiger partial charge is 0.251 e. The van der Waals surface area contributed by atoms with Gasteiger partial charge in [-0.1, -0.05) is 0 Å². The summed E-state index contributed by atoms with van der Waals surface area (Å²) in [6.07, 6.45) is 4.79. The van der Waals surface area contributed by atoms with Crippen LogP contribution in [0, 0.1) is 0 Å². The third kappa shape index (κ3) is 4.51. The van der Waals surface area contributed by atoms with Crippen LogP contribution in [0.15, 0.2) is 0 Å². The van der Waals surface area contributed by atoms with E-state index in [9.17, 15) is 9.59 Å². The lowest BCUT2D eigenvalue weighted by Crippen LogP contribution is -2.54. The van der Waals surface area contributed by atoms with Gasteiger partial charge in [0.2, 0.25) is 5.91 Å². The predicted molar refractivity (Wildman–Crippen MR) is 95.0 cm³/mol. The van der Waals surface area contributed by atoms with Crippen LogP contribution in [-0.2, 0) is 14.3 Å². The highest BCUT2D eigenvalue weighted by Crippen LogP contribution is 2.21. The van der Waals surface area contributed by atoms with Crippen LogP contribution in [0.2, 0.25) is 0 Å². The lowest BCUT2D eigenvalue weighted by Gasteiger charge is -2.38. The summed E-state index contributed by atoms with van der Waals surface area (Å²) < 4.78 is 5.72. The van der Waals surface area contributed by atoms with E-state index < -0.39 is 0 Å². The number of ether oxygens (including phenoxy) is 1. The fourth-order valence-electron chi connectivity index (χ4n) is 4.14. The van der Waals surface area contributed by atoms with Crippen molar-refractivity contribution in [1.82, 2.24) is 14.7 Å². The lowest BCUT2D eigenvalue weighted by molar-refractivity contribution is -0.145. The number of amides is 2. The molecule has 0 aromatic rings. The van der Waals surface area contributed by atoms with Crippen molar-refractivity contribution in [2.75, 3.05) is 45.8 Å². The highest BCUT2D eigenvalue weighted by atomic mass is 16.5. The van der Waals surface area contributed by atoms with Crippen LogP contribution in [0.1, 0.15) is 39.0 Å². The van der Waals surface area contributed by atoms with Crippen molar-refractivity contribution in [1.29, 1.82) is 0 Å². The molecule has 3 atom stereocenters. The highest BCUT2D eigenvalue weighted by molar-refractivity contribution is 5.81. The van der Waals surface area contributed by atoms with Gasteiger partial charge in [-0.05, 0) is 39.0 Å². The summed E-state index contributed by atoms with van der Waals surface area (Å²) in [5, 5.41) is 0. The third-order valence-corrected chi connectivity index (χ3v) is 5.81. The molecule has 0 saturated carbocycles. The van der Waals surface area contributed by atoms with Crippen LogP contribution in [-0.4, -0.2) is 90.6 Å². The Morgan fingerprint density at radius 1 is 1.04 bits per heavy atom. The molecule has 2 amide bonds. The van der Waals surface area contributed by atoms with Gasteiger partial charge in [0.15, 0.2) is 0 Å². The minimum atomic E-state index is -0.323. The van der Waals surface area contributed by atoms with Crippen molar-refractivity contribution >= 4 is 11.8 Å². The molecular weight excluding hydrogens is 320 g/mol. The topological polar surface area (TPSA) is 79.1 Å². The number of piperazine rings is 1. The fourth-order valence-corrected chi connectivity index (χ4v) is 4.14. The van der Waals surface area contributed by atoms with Crippen LogP contribution in [0.3, 0.4) is 0 Å². The van der Waals surface area contributed by atoms with Gasteiger partial charge in [0.1, 0.15) is 6.10 Å². The van der Waals surface area contributed by atoms with E-state index in [1.165, 1.54) is 6.42 Å². The van der Waals surface area contributed by atoms with E-state index in [4.69, 9.17) is 10.5 Å². The van der Waals surface area contributed by atoms with Crippen molar-refractivity contribution in [3.05, 3.63) is 0 Å². The maximum atomic E-state index is 12.5. The zero-order chi connectivity index (χ0) is 17.8. The molecule has 0 radical (unpaired) electrons. The molecule has 2 N–H and O–H groups in total. The lowest BCUT2D eigenvalue weighted by atomic mass is 10.0. The minimum Gasteiger partial charge on any atom is -0.364 e. The maximum Gasteiger partial charge on any atom is 0.251 e. The Bertz CT molecular complexity index is 479. The fraction of sp³-hybridized carbons (Fsp3) is 0.889. The zero-order valence-corrected chi connectivity index (χ0v) is 15.4. The van der Waals surface area contributed by atoms with Crippen LogP contribution < -0.4 is 5.73 Å². The molecule has 3 aliphatic rings. The number of carbonyl (C=O) groups excluding carboxylic acids is 2. The number of nitrogens with zero attached hydrogens (tertiary/aromatic N) is 3. The predicted octanol–water partition coefficient (Wildman–Crippen LogP) is 0.0379. The Balaban J connectivity index is 1.42. The number of likely N-dealkylation sites (tertiary alicyclic amines) is 1. The Morgan fingerprint density at radius 2 is 1.80 bits per heavy atom.